The molecule has 0 bridgehead atoms. The third kappa shape index (κ3) is 2.27. The monoisotopic (exact) mass is 248 g/mol. The molecule has 1 aliphatic carbocycles. The number of Topliss-reactive ketones (excluding diaryl/α,β-unsaturated/α-hetero) is 1. The van der Waals surface area contributed by atoms with E-state index in [0.29, 0.717) is 5.78 Å². The van der Waals surface area contributed by atoms with Gasteiger partial charge in [0.2, 0.25) is 0 Å². The van der Waals surface area contributed by atoms with Crippen LogP contribution in [0.4, 0.5) is 0 Å². The lowest BCUT2D eigenvalue weighted by Gasteiger charge is -2.10. The van der Waals surface area contributed by atoms with Crippen LogP contribution in [0.5, 0.6) is 0 Å². The molecule has 1 atom stereocenters. The van der Waals surface area contributed by atoms with Crippen molar-refractivity contribution in [2.75, 3.05) is 0 Å². The van der Waals surface area contributed by atoms with E-state index in [2.05, 4.69) is 11.2 Å². The highest BCUT2D eigenvalue weighted by Crippen LogP contribution is 2.24. The van der Waals surface area contributed by atoms with Gasteiger partial charge in [0.25, 0.3) is 0 Å². The second-order valence-corrected chi connectivity index (χ2v) is 5.66. The molecule has 0 aliphatic heterocycles. The summed E-state index contributed by atoms with van der Waals surface area (Å²) in [7, 11) is 0. The first-order chi connectivity index (χ1) is 8.33. The van der Waals surface area contributed by atoms with Gasteiger partial charge >= 0.3 is 0 Å². The summed E-state index contributed by atoms with van der Waals surface area (Å²) in [5.74, 6) is 0.654. The second kappa shape index (κ2) is 4.61. The molecule has 3 rings (SSSR count). The lowest BCUT2D eigenvalue weighted by Crippen LogP contribution is -2.15. The summed E-state index contributed by atoms with van der Waals surface area (Å²) in [5.41, 5.74) is 1.07. The number of fused-ring (bicyclic) bond motifs is 1. The van der Waals surface area contributed by atoms with Gasteiger partial charge < -0.3 is 0 Å². The molecule has 90 valence electrons. The SMILES string of the molecule is O=C1CCCCCC1Cc1cn2ccsc2n1. The molecule has 1 unspecified atom stereocenters. The summed E-state index contributed by atoms with van der Waals surface area (Å²) in [4.78, 5) is 17.5. The number of thiazole rings is 1. The summed E-state index contributed by atoms with van der Waals surface area (Å²) in [5, 5.41) is 2.03. The van der Waals surface area contributed by atoms with Crippen LogP contribution >= 0.6 is 11.3 Å². The molecule has 3 nitrogen and oxygen atoms in total. The van der Waals surface area contributed by atoms with Crippen molar-refractivity contribution in [2.45, 2.75) is 38.5 Å². The van der Waals surface area contributed by atoms with Gasteiger partial charge in [-0.25, -0.2) is 4.98 Å². The Labute approximate surface area is 104 Å². The minimum Gasteiger partial charge on any atom is -0.299 e. The normalized spacial score (nSPS) is 21.9. The van der Waals surface area contributed by atoms with E-state index < -0.39 is 0 Å². The molecule has 2 aromatic heterocycles. The minimum absolute atomic E-state index is 0.210. The molecule has 0 aromatic carbocycles. The molecular formula is C13H16N2OS. The van der Waals surface area contributed by atoms with E-state index in [0.717, 1.165) is 36.3 Å². The maximum absolute atomic E-state index is 11.9. The van der Waals surface area contributed by atoms with E-state index in [1.807, 2.05) is 16.0 Å². The number of hydrogen-bond donors (Lipinski definition) is 0. The quantitative estimate of drug-likeness (QED) is 0.765. The van der Waals surface area contributed by atoms with E-state index >= 15 is 0 Å². The molecule has 0 spiro atoms. The van der Waals surface area contributed by atoms with Gasteiger partial charge in [0.05, 0.1) is 5.69 Å². The second-order valence-electron chi connectivity index (χ2n) is 4.79. The zero-order valence-electron chi connectivity index (χ0n) is 9.76. The summed E-state index contributed by atoms with van der Waals surface area (Å²) in [6, 6.07) is 0. The summed E-state index contributed by atoms with van der Waals surface area (Å²) in [6.07, 6.45) is 10.2. The molecule has 0 N–H and O–H groups in total. The van der Waals surface area contributed by atoms with E-state index in [-0.39, 0.29) is 5.92 Å². The predicted octanol–water partition coefficient (Wildman–Crippen LogP) is 3.09. The highest BCUT2D eigenvalue weighted by molar-refractivity contribution is 7.15. The third-order valence-electron chi connectivity index (χ3n) is 3.53. The number of aromatic nitrogens is 2. The number of rotatable bonds is 2. The Hall–Kier alpha value is -1.16. The van der Waals surface area contributed by atoms with Crippen molar-refractivity contribution in [1.82, 2.24) is 9.38 Å². The van der Waals surface area contributed by atoms with Crippen LogP contribution in [0.25, 0.3) is 4.96 Å². The van der Waals surface area contributed by atoms with E-state index in [1.165, 1.54) is 12.8 Å². The molecule has 2 heterocycles. The Morgan fingerprint density at radius 3 is 3.24 bits per heavy atom. The van der Waals surface area contributed by atoms with Crippen molar-refractivity contribution in [3.05, 3.63) is 23.5 Å². The molecule has 1 aliphatic rings. The van der Waals surface area contributed by atoms with Crippen molar-refractivity contribution in [1.29, 1.82) is 0 Å². The van der Waals surface area contributed by atoms with Crippen LogP contribution in [0.3, 0.4) is 0 Å². The number of hydrogen-bond acceptors (Lipinski definition) is 3. The third-order valence-corrected chi connectivity index (χ3v) is 4.30. The van der Waals surface area contributed by atoms with Gasteiger partial charge in [-0.1, -0.05) is 12.8 Å². The lowest BCUT2D eigenvalue weighted by atomic mass is 9.94. The summed E-state index contributed by atoms with van der Waals surface area (Å²) < 4.78 is 2.04. The van der Waals surface area contributed by atoms with Crippen molar-refractivity contribution in [2.24, 2.45) is 5.92 Å². The molecule has 2 aromatic rings. The Morgan fingerprint density at radius 2 is 2.35 bits per heavy atom. The Kier molecular flexibility index (Phi) is 2.97. The van der Waals surface area contributed by atoms with Crippen LogP contribution < -0.4 is 0 Å². The first kappa shape index (κ1) is 11.0. The summed E-state index contributed by atoms with van der Waals surface area (Å²) in [6.45, 7) is 0. The van der Waals surface area contributed by atoms with Crippen molar-refractivity contribution >= 4 is 22.1 Å². The van der Waals surface area contributed by atoms with Crippen LogP contribution in [0.1, 0.15) is 37.8 Å². The highest BCUT2D eigenvalue weighted by Gasteiger charge is 2.22. The Morgan fingerprint density at radius 1 is 1.41 bits per heavy atom. The van der Waals surface area contributed by atoms with E-state index in [4.69, 9.17) is 0 Å². The molecule has 4 heteroatoms. The molecule has 1 saturated carbocycles. The first-order valence-corrected chi connectivity index (χ1v) is 7.15. The molecular weight excluding hydrogens is 232 g/mol. The van der Waals surface area contributed by atoms with Crippen LogP contribution in [0, 0.1) is 5.92 Å². The number of carbonyl (C=O) groups excluding carboxylic acids is 1. The maximum atomic E-state index is 11.9. The van der Waals surface area contributed by atoms with Gasteiger partial charge in [0.15, 0.2) is 4.96 Å². The van der Waals surface area contributed by atoms with Crippen LogP contribution in [0.2, 0.25) is 0 Å². The standard InChI is InChI=1S/C13H16N2OS/c16-12-5-3-1-2-4-10(12)8-11-9-15-6-7-17-13(15)14-11/h6-7,9-10H,1-5,8H2. The number of imidazole rings is 1. The predicted molar refractivity (Wildman–Crippen MR) is 68.4 cm³/mol. The van der Waals surface area contributed by atoms with E-state index in [9.17, 15) is 4.79 Å². The fourth-order valence-corrected chi connectivity index (χ4v) is 3.29. The van der Waals surface area contributed by atoms with Crippen LogP contribution in [-0.4, -0.2) is 15.2 Å². The average molecular weight is 248 g/mol. The van der Waals surface area contributed by atoms with Crippen LogP contribution in [-0.2, 0) is 11.2 Å². The smallest absolute Gasteiger partial charge is 0.193 e. The number of carbonyl (C=O) groups is 1. The molecule has 0 amide bonds. The van der Waals surface area contributed by atoms with Gasteiger partial charge in [0, 0.05) is 36.5 Å². The van der Waals surface area contributed by atoms with Gasteiger partial charge in [0.1, 0.15) is 5.78 Å². The van der Waals surface area contributed by atoms with Gasteiger partial charge in [-0.2, -0.15) is 0 Å². The zero-order chi connectivity index (χ0) is 11.7. The van der Waals surface area contributed by atoms with Crippen molar-refractivity contribution in [3.8, 4) is 0 Å². The van der Waals surface area contributed by atoms with Crippen LogP contribution in [0.15, 0.2) is 17.8 Å². The van der Waals surface area contributed by atoms with Crippen molar-refractivity contribution < 1.29 is 4.79 Å². The Bertz CT molecular complexity index is 500. The van der Waals surface area contributed by atoms with Crippen molar-refractivity contribution in [3.63, 3.8) is 0 Å². The Balaban J connectivity index is 1.77. The van der Waals surface area contributed by atoms with Gasteiger partial charge in [-0.05, 0) is 12.8 Å². The fraction of sp³-hybridized carbons (Fsp3) is 0.538. The fourth-order valence-electron chi connectivity index (χ4n) is 2.57. The maximum Gasteiger partial charge on any atom is 0.193 e. The zero-order valence-corrected chi connectivity index (χ0v) is 10.6. The topological polar surface area (TPSA) is 34.4 Å². The number of ketones is 1. The summed E-state index contributed by atoms with van der Waals surface area (Å²) >= 11 is 1.64. The minimum atomic E-state index is 0.210. The lowest BCUT2D eigenvalue weighted by molar-refractivity contribution is -0.122. The molecule has 1 fully saturated rings. The van der Waals surface area contributed by atoms with Gasteiger partial charge in [-0.3, -0.25) is 9.20 Å². The average Bonchev–Trinajstić information content (AvgIpc) is 2.81. The largest absolute Gasteiger partial charge is 0.299 e. The highest BCUT2D eigenvalue weighted by atomic mass is 32.1. The molecule has 0 radical (unpaired) electrons. The number of nitrogens with zero attached hydrogens (tertiary/aromatic N) is 2. The van der Waals surface area contributed by atoms with Gasteiger partial charge in [-0.15, -0.1) is 11.3 Å². The molecule has 0 saturated heterocycles. The molecule has 17 heavy (non-hydrogen) atoms. The van der Waals surface area contributed by atoms with E-state index in [1.54, 1.807) is 11.3 Å². The first-order valence-electron chi connectivity index (χ1n) is 6.27.